The van der Waals surface area contributed by atoms with Crippen LogP contribution in [-0.2, 0) is 0 Å². The van der Waals surface area contributed by atoms with E-state index in [4.69, 9.17) is 0 Å². The first-order valence-corrected chi connectivity index (χ1v) is 9.57. The first-order valence-electron chi connectivity index (χ1n) is 6.12. The third-order valence-electron chi connectivity index (χ3n) is 3.23. The summed E-state index contributed by atoms with van der Waals surface area (Å²) >= 11 is 0. The molecule has 0 aliphatic carbocycles. The zero-order valence-corrected chi connectivity index (χ0v) is 11.7. The smallest absolute Gasteiger partial charge is 0.119 e. The van der Waals surface area contributed by atoms with Gasteiger partial charge in [-0.1, -0.05) is 33.0 Å². The van der Waals surface area contributed by atoms with Crippen LogP contribution in [0.3, 0.4) is 0 Å². The SMILES string of the molecule is CCCC(O)N1CCN([Si](C)(C)C)CC1. The van der Waals surface area contributed by atoms with Gasteiger partial charge in [-0.3, -0.25) is 4.90 Å². The van der Waals surface area contributed by atoms with Crippen molar-refractivity contribution in [1.29, 1.82) is 0 Å². The van der Waals surface area contributed by atoms with Gasteiger partial charge in [0.2, 0.25) is 0 Å². The van der Waals surface area contributed by atoms with Gasteiger partial charge >= 0.3 is 0 Å². The Hall–Kier alpha value is 0.0969. The molecule has 15 heavy (non-hydrogen) atoms. The first-order chi connectivity index (χ1) is 6.95. The fraction of sp³-hybridized carbons (Fsp3) is 1.00. The highest BCUT2D eigenvalue weighted by Gasteiger charge is 2.29. The molecule has 0 aromatic rings. The van der Waals surface area contributed by atoms with Crippen molar-refractivity contribution in [2.75, 3.05) is 26.2 Å². The van der Waals surface area contributed by atoms with E-state index in [1.54, 1.807) is 0 Å². The molecule has 0 aromatic heterocycles. The van der Waals surface area contributed by atoms with Crippen molar-refractivity contribution in [3.63, 3.8) is 0 Å². The predicted molar refractivity (Wildman–Crippen MR) is 67.4 cm³/mol. The molecule has 0 radical (unpaired) electrons. The number of hydrogen-bond acceptors (Lipinski definition) is 3. The normalized spacial score (nSPS) is 23.0. The van der Waals surface area contributed by atoms with Crippen LogP contribution in [0.4, 0.5) is 0 Å². The van der Waals surface area contributed by atoms with Crippen molar-refractivity contribution < 1.29 is 5.11 Å². The van der Waals surface area contributed by atoms with E-state index in [9.17, 15) is 5.11 Å². The average molecular weight is 230 g/mol. The molecule has 0 saturated carbocycles. The maximum Gasteiger partial charge on any atom is 0.119 e. The summed E-state index contributed by atoms with van der Waals surface area (Å²) in [6.07, 6.45) is 1.77. The number of aliphatic hydroxyl groups excluding tert-OH is 1. The topological polar surface area (TPSA) is 26.7 Å². The highest BCUT2D eigenvalue weighted by Crippen LogP contribution is 2.15. The van der Waals surface area contributed by atoms with Gasteiger partial charge in [-0.2, -0.15) is 0 Å². The highest BCUT2D eigenvalue weighted by molar-refractivity contribution is 6.73. The molecule has 1 saturated heterocycles. The molecule has 0 aromatic carbocycles. The molecule has 1 fully saturated rings. The van der Waals surface area contributed by atoms with Gasteiger partial charge in [0.05, 0.1) is 0 Å². The molecule has 1 aliphatic rings. The second-order valence-corrected chi connectivity index (χ2v) is 10.4. The van der Waals surface area contributed by atoms with Gasteiger partial charge in [0.1, 0.15) is 14.5 Å². The van der Waals surface area contributed by atoms with Crippen molar-refractivity contribution in [3.8, 4) is 0 Å². The van der Waals surface area contributed by atoms with Gasteiger partial charge in [0.15, 0.2) is 0 Å². The van der Waals surface area contributed by atoms with E-state index in [1.807, 2.05) is 0 Å². The number of rotatable bonds is 4. The molecule has 90 valence electrons. The minimum absolute atomic E-state index is 0.209. The lowest BCUT2D eigenvalue weighted by atomic mass is 10.2. The van der Waals surface area contributed by atoms with E-state index in [0.717, 1.165) is 39.0 Å². The molecule has 1 aliphatic heterocycles. The minimum atomic E-state index is -1.11. The summed E-state index contributed by atoms with van der Waals surface area (Å²) in [5, 5.41) is 9.88. The Kier molecular flexibility index (Phi) is 4.77. The van der Waals surface area contributed by atoms with Gasteiger partial charge < -0.3 is 9.67 Å². The van der Waals surface area contributed by atoms with Gasteiger partial charge in [-0.05, 0) is 6.42 Å². The fourth-order valence-corrected chi connectivity index (χ4v) is 3.67. The summed E-state index contributed by atoms with van der Waals surface area (Å²) in [7, 11) is -1.11. The number of nitrogens with zero attached hydrogens (tertiary/aromatic N) is 2. The Bertz CT molecular complexity index is 186. The van der Waals surface area contributed by atoms with Crippen LogP contribution < -0.4 is 0 Å². The predicted octanol–water partition coefficient (Wildman–Crippen LogP) is 1.56. The van der Waals surface area contributed by atoms with Gasteiger partial charge in [0, 0.05) is 26.2 Å². The van der Waals surface area contributed by atoms with E-state index >= 15 is 0 Å². The monoisotopic (exact) mass is 230 g/mol. The van der Waals surface area contributed by atoms with Crippen LogP contribution >= 0.6 is 0 Å². The lowest BCUT2D eigenvalue weighted by Crippen LogP contribution is -2.57. The molecule has 0 spiro atoms. The maximum atomic E-state index is 9.88. The van der Waals surface area contributed by atoms with Crippen LogP contribution in [0.25, 0.3) is 0 Å². The van der Waals surface area contributed by atoms with Crippen molar-refractivity contribution >= 4 is 8.24 Å². The van der Waals surface area contributed by atoms with Crippen LogP contribution in [0.2, 0.25) is 19.6 Å². The van der Waals surface area contributed by atoms with E-state index in [1.165, 1.54) is 0 Å². The van der Waals surface area contributed by atoms with Crippen LogP contribution in [0.1, 0.15) is 19.8 Å². The summed E-state index contributed by atoms with van der Waals surface area (Å²) in [6.45, 7) is 13.6. The Labute approximate surface area is 95.2 Å². The van der Waals surface area contributed by atoms with Gasteiger partial charge in [-0.15, -0.1) is 0 Å². The zero-order valence-electron chi connectivity index (χ0n) is 10.7. The molecule has 4 heteroatoms. The molecular weight excluding hydrogens is 204 g/mol. The lowest BCUT2D eigenvalue weighted by Gasteiger charge is -2.42. The summed E-state index contributed by atoms with van der Waals surface area (Å²) in [5.74, 6) is 0. The Balaban J connectivity index is 2.36. The summed E-state index contributed by atoms with van der Waals surface area (Å²) in [4.78, 5) is 2.22. The molecular formula is C11H26N2OSi. The molecule has 0 amide bonds. The van der Waals surface area contributed by atoms with Gasteiger partial charge in [-0.25, -0.2) is 0 Å². The lowest BCUT2D eigenvalue weighted by molar-refractivity contribution is -0.0205. The van der Waals surface area contributed by atoms with E-state index < -0.39 is 8.24 Å². The first kappa shape index (κ1) is 13.2. The second-order valence-electron chi connectivity index (χ2n) is 5.46. The third kappa shape index (κ3) is 3.87. The second kappa shape index (κ2) is 5.43. The molecule has 0 bridgehead atoms. The summed E-state index contributed by atoms with van der Waals surface area (Å²) in [6, 6.07) is 0. The Morgan fingerprint density at radius 3 is 2.07 bits per heavy atom. The fourth-order valence-electron chi connectivity index (χ4n) is 2.13. The molecule has 1 heterocycles. The quantitative estimate of drug-likeness (QED) is 0.743. The summed E-state index contributed by atoms with van der Waals surface area (Å²) < 4.78 is 2.63. The molecule has 1 unspecified atom stereocenters. The standard InChI is InChI=1S/C11H26N2OSi/c1-5-6-11(14)12-7-9-13(10-8-12)15(2,3)4/h11,14H,5-10H2,1-4H3. The van der Waals surface area contributed by atoms with Gasteiger partial charge in [0.25, 0.3) is 0 Å². The summed E-state index contributed by atoms with van der Waals surface area (Å²) in [5.41, 5.74) is 0. The van der Waals surface area contributed by atoms with Crippen molar-refractivity contribution in [2.24, 2.45) is 0 Å². The van der Waals surface area contributed by atoms with Crippen LogP contribution in [0, 0.1) is 0 Å². The molecule has 3 nitrogen and oxygen atoms in total. The van der Waals surface area contributed by atoms with Crippen LogP contribution in [-0.4, -0.2) is 55.2 Å². The maximum absolute atomic E-state index is 9.88. The Morgan fingerprint density at radius 2 is 1.67 bits per heavy atom. The minimum Gasteiger partial charge on any atom is -0.378 e. The van der Waals surface area contributed by atoms with Crippen molar-refractivity contribution in [2.45, 2.75) is 45.6 Å². The van der Waals surface area contributed by atoms with E-state index in [-0.39, 0.29) is 6.23 Å². The van der Waals surface area contributed by atoms with Crippen molar-refractivity contribution in [1.82, 2.24) is 9.47 Å². The number of piperazine rings is 1. The van der Waals surface area contributed by atoms with Crippen LogP contribution in [0.5, 0.6) is 0 Å². The van der Waals surface area contributed by atoms with Crippen molar-refractivity contribution in [3.05, 3.63) is 0 Å². The molecule has 1 rings (SSSR count). The highest BCUT2D eigenvalue weighted by atomic mass is 28.3. The molecule has 1 N–H and O–H groups in total. The zero-order chi connectivity index (χ0) is 11.5. The van der Waals surface area contributed by atoms with E-state index in [2.05, 4.69) is 36.0 Å². The number of hydrogen-bond donors (Lipinski definition) is 1. The average Bonchev–Trinajstić information content (AvgIpc) is 2.17. The Morgan fingerprint density at radius 1 is 1.13 bits per heavy atom. The molecule has 1 atom stereocenters. The third-order valence-corrected chi connectivity index (χ3v) is 5.58. The van der Waals surface area contributed by atoms with E-state index in [0.29, 0.717) is 0 Å². The largest absolute Gasteiger partial charge is 0.378 e. The number of aliphatic hydroxyl groups is 1. The van der Waals surface area contributed by atoms with Crippen LogP contribution in [0.15, 0.2) is 0 Å².